The van der Waals surface area contributed by atoms with Crippen LogP contribution < -0.4 is 10.6 Å². The third-order valence-corrected chi connectivity index (χ3v) is 7.60. The lowest BCUT2D eigenvalue weighted by molar-refractivity contribution is 0.106. The molecular formula is C26H52N2. The molecule has 0 radical (unpaired) electrons. The maximum atomic E-state index is 3.91. The van der Waals surface area contributed by atoms with Gasteiger partial charge in [-0.15, -0.1) is 0 Å². The van der Waals surface area contributed by atoms with Crippen LogP contribution in [-0.2, 0) is 0 Å². The number of rotatable bonds is 19. The smallest absolute Gasteiger partial charge is 0.0182 e. The van der Waals surface area contributed by atoms with Crippen LogP contribution in [0.5, 0.6) is 0 Å². The summed E-state index contributed by atoms with van der Waals surface area (Å²) >= 11 is 0. The van der Waals surface area contributed by atoms with Crippen molar-refractivity contribution in [3.8, 4) is 0 Å². The predicted octanol–water partition coefficient (Wildman–Crippen LogP) is 7.37. The maximum Gasteiger partial charge on any atom is 0.0182 e. The first kappa shape index (κ1) is 24.2. The Labute approximate surface area is 177 Å². The summed E-state index contributed by atoms with van der Waals surface area (Å²) in [4.78, 5) is 0. The average molecular weight is 393 g/mol. The van der Waals surface area contributed by atoms with E-state index >= 15 is 0 Å². The zero-order chi connectivity index (χ0) is 19.8. The van der Waals surface area contributed by atoms with Crippen molar-refractivity contribution >= 4 is 0 Å². The molecule has 28 heavy (non-hydrogen) atoms. The number of unbranched alkanes of at least 4 members (excludes halogenated alkanes) is 13. The van der Waals surface area contributed by atoms with E-state index in [0.29, 0.717) is 5.54 Å². The second-order valence-corrected chi connectivity index (χ2v) is 10.0. The van der Waals surface area contributed by atoms with Crippen LogP contribution in [0.1, 0.15) is 135 Å². The highest BCUT2D eigenvalue weighted by Gasteiger charge is 2.39. The highest BCUT2D eigenvalue weighted by Crippen LogP contribution is 2.43. The minimum Gasteiger partial charge on any atom is -0.315 e. The van der Waals surface area contributed by atoms with Crippen molar-refractivity contribution in [2.24, 2.45) is 5.92 Å². The zero-order valence-corrected chi connectivity index (χ0v) is 19.3. The third kappa shape index (κ3) is 10.6. The first-order chi connectivity index (χ1) is 13.8. The lowest BCUT2D eigenvalue weighted by Gasteiger charge is -2.47. The second-order valence-electron chi connectivity index (χ2n) is 10.0. The van der Waals surface area contributed by atoms with Crippen LogP contribution in [0.4, 0.5) is 0 Å². The van der Waals surface area contributed by atoms with Crippen LogP contribution in [0.2, 0.25) is 0 Å². The number of nitrogens with one attached hydrogen (secondary N) is 2. The van der Waals surface area contributed by atoms with E-state index in [-0.39, 0.29) is 0 Å². The fraction of sp³-hybridized carbons (Fsp3) is 1.00. The van der Waals surface area contributed by atoms with Crippen LogP contribution >= 0.6 is 0 Å². The van der Waals surface area contributed by atoms with Gasteiger partial charge < -0.3 is 10.6 Å². The van der Waals surface area contributed by atoms with Crippen molar-refractivity contribution in [2.45, 2.75) is 141 Å². The SMILES string of the molecule is CCCCCCCCCCCCCCCCNCCNC12CCC(CC1)CC2. The average Bonchev–Trinajstić information content (AvgIpc) is 2.74. The molecule has 0 heterocycles. The summed E-state index contributed by atoms with van der Waals surface area (Å²) in [6.45, 7) is 5.84. The van der Waals surface area contributed by atoms with Gasteiger partial charge in [0.25, 0.3) is 0 Å². The summed E-state index contributed by atoms with van der Waals surface area (Å²) in [6.07, 6.45) is 29.1. The molecule has 2 N–H and O–H groups in total. The summed E-state index contributed by atoms with van der Waals surface area (Å²) in [5.41, 5.74) is 0.533. The van der Waals surface area contributed by atoms with Crippen molar-refractivity contribution in [1.82, 2.24) is 10.6 Å². The fourth-order valence-corrected chi connectivity index (χ4v) is 5.50. The molecule has 0 atom stereocenters. The minimum absolute atomic E-state index is 0.533. The summed E-state index contributed by atoms with van der Waals surface area (Å²) in [6, 6.07) is 0. The van der Waals surface area contributed by atoms with Crippen LogP contribution in [0.25, 0.3) is 0 Å². The van der Waals surface area contributed by atoms with Gasteiger partial charge in [0.15, 0.2) is 0 Å². The summed E-state index contributed by atoms with van der Waals surface area (Å²) < 4.78 is 0. The van der Waals surface area contributed by atoms with Crippen LogP contribution in [0.3, 0.4) is 0 Å². The quantitative estimate of drug-likeness (QED) is 0.224. The van der Waals surface area contributed by atoms with Crippen LogP contribution in [0.15, 0.2) is 0 Å². The Morgan fingerprint density at radius 3 is 1.54 bits per heavy atom. The summed E-state index contributed by atoms with van der Waals surface area (Å²) in [5.74, 6) is 1.07. The maximum absolute atomic E-state index is 3.91. The molecule has 0 unspecified atom stereocenters. The number of hydrogen-bond acceptors (Lipinski definition) is 2. The normalized spacial score (nSPS) is 24.1. The van der Waals surface area contributed by atoms with Gasteiger partial charge in [-0.05, 0) is 57.4 Å². The molecule has 2 nitrogen and oxygen atoms in total. The van der Waals surface area contributed by atoms with Crippen molar-refractivity contribution in [3.63, 3.8) is 0 Å². The van der Waals surface area contributed by atoms with E-state index in [9.17, 15) is 0 Å². The van der Waals surface area contributed by atoms with E-state index in [1.807, 2.05) is 0 Å². The highest BCUT2D eigenvalue weighted by molar-refractivity contribution is 4.98. The van der Waals surface area contributed by atoms with Gasteiger partial charge in [0, 0.05) is 18.6 Å². The number of fused-ring (bicyclic) bond motifs is 3. The molecule has 3 saturated carbocycles. The van der Waals surface area contributed by atoms with Gasteiger partial charge in [-0.1, -0.05) is 90.4 Å². The Morgan fingerprint density at radius 2 is 1.04 bits per heavy atom. The Balaban J connectivity index is 1.24. The first-order valence-corrected chi connectivity index (χ1v) is 13.3. The lowest BCUT2D eigenvalue weighted by Crippen LogP contribution is -2.53. The molecule has 2 bridgehead atoms. The van der Waals surface area contributed by atoms with Crippen molar-refractivity contribution in [2.75, 3.05) is 19.6 Å². The Kier molecular flexibility index (Phi) is 13.6. The van der Waals surface area contributed by atoms with Gasteiger partial charge in [-0.3, -0.25) is 0 Å². The molecule has 0 aromatic carbocycles. The van der Waals surface area contributed by atoms with Gasteiger partial charge in [0.05, 0.1) is 0 Å². The van der Waals surface area contributed by atoms with Crippen molar-refractivity contribution in [3.05, 3.63) is 0 Å². The molecule has 0 saturated heterocycles. The third-order valence-electron chi connectivity index (χ3n) is 7.60. The van der Waals surface area contributed by atoms with E-state index in [4.69, 9.17) is 0 Å². The lowest BCUT2D eigenvalue weighted by atomic mass is 9.66. The predicted molar refractivity (Wildman–Crippen MR) is 125 cm³/mol. The fourth-order valence-electron chi connectivity index (χ4n) is 5.50. The molecule has 0 aromatic heterocycles. The molecule has 0 aromatic rings. The standard InChI is InChI=1S/C26H52N2/c1-2-3-4-5-6-7-8-9-10-11-12-13-14-15-22-27-23-24-28-26-19-16-25(17-20-26)18-21-26/h25,27-28H,2-24H2,1H3. The molecule has 166 valence electrons. The molecular weight excluding hydrogens is 340 g/mol. The summed E-state index contributed by atoms with van der Waals surface area (Å²) in [7, 11) is 0. The van der Waals surface area contributed by atoms with Gasteiger partial charge in [0.2, 0.25) is 0 Å². The molecule has 2 heteroatoms. The molecule has 0 amide bonds. The highest BCUT2D eigenvalue weighted by atomic mass is 15.0. The van der Waals surface area contributed by atoms with E-state index in [2.05, 4.69) is 17.6 Å². The van der Waals surface area contributed by atoms with E-state index < -0.39 is 0 Å². The second kappa shape index (κ2) is 15.7. The van der Waals surface area contributed by atoms with Crippen molar-refractivity contribution < 1.29 is 0 Å². The largest absolute Gasteiger partial charge is 0.315 e. The molecule has 3 aliphatic rings. The first-order valence-electron chi connectivity index (χ1n) is 13.3. The zero-order valence-electron chi connectivity index (χ0n) is 19.3. The topological polar surface area (TPSA) is 24.1 Å². The molecule has 3 aliphatic carbocycles. The Hall–Kier alpha value is -0.0800. The molecule has 0 spiro atoms. The van der Waals surface area contributed by atoms with Gasteiger partial charge in [-0.2, -0.15) is 0 Å². The van der Waals surface area contributed by atoms with Crippen LogP contribution in [-0.4, -0.2) is 25.2 Å². The summed E-state index contributed by atoms with van der Waals surface area (Å²) in [5, 5.41) is 7.57. The Bertz CT molecular complexity index is 333. The molecule has 3 rings (SSSR count). The van der Waals surface area contributed by atoms with Crippen molar-refractivity contribution in [1.29, 1.82) is 0 Å². The van der Waals surface area contributed by atoms with Crippen LogP contribution in [0, 0.1) is 5.92 Å². The molecule has 3 fully saturated rings. The van der Waals surface area contributed by atoms with E-state index in [1.165, 1.54) is 142 Å². The molecule has 0 aliphatic heterocycles. The monoisotopic (exact) mass is 392 g/mol. The van der Waals surface area contributed by atoms with E-state index in [1.54, 1.807) is 0 Å². The van der Waals surface area contributed by atoms with Gasteiger partial charge >= 0.3 is 0 Å². The minimum atomic E-state index is 0.533. The van der Waals surface area contributed by atoms with E-state index in [0.717, 1.165) is 12.5 Å². The van der Waals surface area contributed by atoms with Gasteiger partial charge in [-0.25, -0.2) is 0 Å². The van der Waals surface area contributed by atoms with Gasteiger partial charge in [0.1, 0.15) is 0 Å². The Morgan fingerprint density at radius 1 is 0.571 bits per heavy atom. The number of hydrogen-bond donors (Lipinski definition) is 2.